The van der Waals surface area contributed by atoms with Crippen LogP contribution >= 0.6 is 0 Å². The van der Waals surface area contributed by atoms with E-state index in [1.165, 1.54) is 9.13 Å². The summed E-state index contributed by atoms with van der Waals surface area (Å²) in [4.78, 5) is 35.4. The van der Waals surface area contributed by atoms with E-state index in [9.17, 15) is 9.59 Å². The molecule has 1 fully saturated rings. The third-order valence-corrected chi connectivity index (χ3v) is 4.36. The lowest BCUT2D eigenvalue weighted by Crippen LogP contribution is -2.47. The molecule has 1 aliphatic rings. The SMILES string of the molecule is Cn1c(=O)n(C(=O)N2CCC2)c2cnc(Cc3ccccc3)nc21. The number of hydrogen-bond donors (Lipinski definition) is 0. The first-order valence-electron chi connectivity index (χ1n) is 7.92. The molecule has 3 aromatic rings. The third-order valence-electron chi connectivity index (χ3n) is 4.36. The van der Waals surface area contributed by atoms with Crippen molar-refractivity contribution >= 4 is 17.2 Å². The number of carbonyl (C=O) groups excluding carboxylic acids is 1. The van der Waals surface area contributed by atoms with E-state index >= 15 is 0 Å². The lowest BCUT2D eigenvalue weighted by Gasteiger charge is -2.30. The van der Waals surface area contributed by atoms with Gasteiger partial charge in [-0.3, -0.25) is 4.57 Å². The van der Waals surface area contributed by atoms with Crippen LogP contribution in [0.15, 0.2) is 41.3 Å². The van der Waals surface area contributed by atoms with Gasteiger partial charge < -0.3 is 4.90 Å². The maximum Gasteiger partial charge on any atom is 0.338 e. The summed E-state index contributed by atoms with van der Waals surface area (Å²) in [7, 11) is 1.63. The van der Waals surface area contributed by atoms with Crippen LogP contribution in [0.1, 0.15) is 17.8 Å². The summed E-state index contributed by atoms with van der Waals surface area (Å²) in [5, 5.41) is 0. The smallest absolute Gasteiger partial charge is 0.324 e. The van der Waals surface area contributed by atoms with Crippen LogP contribution in [0.3, 0.4) is 0 Å². The van der Waals surface area contributed by atoms with Crippen molar-refractivity contribution in [2.45, 2.75) is 12.8 Å². The van der Waals surface area contributed by atoms with Gasteiger partial charge in [0, 0.05) is 26.6 Å². The van der Waals surface area contributed by atoms with Crippen molar-refractivity contribution in [3.8, 4) is 0 Å². The molecule has 4 rings (SSSR count). The Morgan fingerprint density at radius 2 is 1.96 bits per heavy atom. The van der Waals surface area contributed by atoms with E-state index in [1.54, 1.807) is 18.1 Å². The highest BCUT2D eigenvalue weighted by atomic mass is 16.2. The number of benzene rings is 1. The van der Waals surface area contributed by atoms with E-state index < -0.39 is 0 Å². The van der Waals surface area contributed by atoms with E-state index in [0.29, 0.717) is 36.5 Å². The number of aromatic nitrogens is 4. The number of nitrogens with zero attached hydrogens (tertiary/aromatic N) is 5. The molecule has 7 nitrogen and oxygen atoms in total. The van der Waals surface area contributed by atoms with Gasteiger partial charge in [0.1, 0.15) is 11.3 Å². The van der Waals surface area contributed by atoms with Gasteiger partial charge in [0.05, 0.1) is 6.20 Å². The maximum atomic E-state index is 12.5. The van der Waals surface area contributed by atoms with E-state index in [0.717, 1.165) is 12.0 Å². The number of hydrogen-bond acceptors (Lipinski definition) is 4. The highest BCUT2D eigenvalue weighted by Crippen LogP contribution is 2.15. The molecule has 0 bridgehead atoms. The van der Waals surface area contributed by atoms with Crippen LogP contribution in [0.5, 0.6) is 0 Å². The summed E-state index contributed by atoms with van der Waals surface area (Å²) in [6, 6.07) is 9.60. The van der Waals surface area contributed by atoms with Crippen molar-refractivity contribution in [3.63, 3.8) is 0 Å². The Hall–Kier alpha value is -2.96. The number of likely N-dealkylation sites (tertiary alicyclic amines) is 1. The first kappa shape index (κ1) is 14.6. The number of carbonyl (C=O) groups is 1. The van der Waals surface area contributed by atoms with Crippen LogP contribution in [-0.4, -0.2) is 43.1 Å². The first-order valence-corrected chi connectivity index (χ1v) is 7.92. The zero-order chi connectivity index (χ0) is 16.7. The minimum Gasteiger partial charge on any atom is -0.324 e. The van der Waals surface area contributed by atoms with Gasteiger partial charge >= 0.3 is 11.7 Å². The molecule has 0 aliphatic carbocycles. The minimum atomic E-state index is -0.381. The van der Waals surface area contributed by atoms with Crippen molar-refractivity contribution in [3.05, 3.63) is 58.4 Å². The molecule has 3 heterocycles. The molecule has 7 heteroatoms. The largest absolute Gasteiger partial charge is 0.338 e. The van der Waals surface area contributed by atoms with E-state index in [1.807, 2.05) is 30.3 Å². The number of imidazole rings is 1. The molecule has 1 amide bonds. The van der Waals surface area contributed by atoms with Gasteiger partial charge in [-0.05, 0) is 12.0 Å². The number of aryl methyl sites for hydroxylation is 1. The Morgan fingerprint density at radius 1 is 1.21 bits per heavy atom. The van der Waals surface area contributed by atoms with Crippen LogP contribution in [0.2, 0.25) is 0 Å². The van der Waals surface area contributed by atoms with E-state index in [-0.39, 0.29) is 11.7 Å². The van der Waals surface area contributed by atoms with Crippen molar-refractivity contribution in [1.29, 1.82) is 0 Å². The van der Waals surface area contributed by atoms with Gasteiger partial charge in [0.15, 0.2) is 5.65 Å². The van der Waals surface area contributed by atoms with Gasteiger partial charge in [0.2, 0.25) is 0 Å². The molecule has 2 aromatic heterocycles. The fourth-order valence-electron chi connectivity index (χ4n) is 2.85. The average Bonchev–Trinajstić information content (AvgIpc) is 2.78. The number of fused-ring (bicyclic) bond motifs is 1. The van der Waals surface area contributed by atoms with Crippen LogP contribution in [0.4, 0.5) is 4.79 Å². The van der Waals surface area contributed by atoms with E-state index in [4.69, 9.17) is 0 Å². The predicted molar refractivity (Wildman–Crippen MR) is 89.0 cm³/mol. The Morgan fingerprint density at radius 3 is 2.62 bits per heavy atom. The average molecular weight is 323 g/mol. The van der Waals surface area contributed by atoms with Gasteiger partial charge in [-0.25, -0.2) is 24.1 Å². The summed E-state index contributed by atoms with van der Waals surface area (Å²) in [6.07, 6.45) is 3.12. The molecule has 0 atom stereocenters. The fraction of sp³-hybridized carbons (Fsp3) is 0.294. The normalized spacial score (nSPS) is 14.0. The standard InChI is InChI=1S/C17H17N5O2/c1-20-15-13(22(16(20)23)17(24)21-8-5-9-21)11-18-14(19-15)10-12-6-3-2-4-7-12/h2-4,6-7,11H,5,8-10H2,1H3. The molecule has 0 unspecified atom stereocenters. The van der Waals surface area contributed by atoms with Crippen LogP contribution < -0.4 is 5.69 Å². The van der Waals surface area contributed by atoms with Crippen LogP contribution in [0, 0.1) is 0 Å². The molecule has 0 spiro atoms. The molecule has 1 saturated heterocycles. The van der Waals surface area contributed by atoms with Crippen molar-refractivity contribution in [1.82, 2.24) is 24.0 Å². The van der Waals surface area contributed by atoms with Crippen molar-refractivity contribution < 1.29 is 4.79 Å². The fourth-order valence-corrected chi connectivity index (χ4v) is 2.85. The first-order chi connectivity index (χ1) is 11.6. The van der Waals surface area contributed by atoms with Gasteiger partial charge in [0.25, 0.3) is 0 Å². The summed E-state index contributed by atoms with van der Waals surface area (Å²) in [6.45, 7) is 1.38. The number of amides is 1. The minimum absolute atomic E-state index is 0.295. The summed E-state index contributed by atoms with van der Waals surface area (Å²) in [5.41, 5.74) is 1.65. The predicted octanol–water partition coefficient (Wildman–Crippen LogP) is 1.39. The Labute approximate surface area is 138 Å². The second-order valence-electron chi connectivity index (χ2n) is 5.96. The molecule has 122 valence electrons. The summed E-state index contributed by atoms with van der Waals surface area (Å²) in [5.74, 6) is 0.623. The Bertz CT molecular complexity index is 970. The quantitative estimate of drug-likeness (QED) is 0.714. The van der Waals surface area contributed by atoms with E-state index in [2.05, 4.69) is 9.97 Å². The highest BCUT2D eigenvalue weighted by Gasteiger charge is 2.26. The second kappa shape index (κ2) is 5.59. The zero-order valence-corrected chi connectivity index (χ0v) is 13.3. The molecule has 0 radical (unpaired) electrons. The van der Waals surface area contributed by atoms with Gasteiger partial charge in [-0.2, -0.15) is 0 Å². The van der Waals surface area contributed by atoms with Crippen LogP contribution in [0.25, 0.3) is 11.2 Å². The third kappa shape index (κ3) is 2.29. The molecule has 24 heavy (non-hydrogen) atoms. The molecular formula is C17H17N5O2. The van der Waals surface area contributed by atoms with Crippen LogP contribution in [-0.2, 0) is 13.5 Å². The summed E-state index contributed by atoms with van der Waals surface area (Å²) >= 11 is 0. The second-order valence-corrected chi connectivity index (χ2v) is 5.96. The van der Waals surface area contributed by atoms with Crippen molar-refractivity contribution in [2.75, 3.05) is 13.1 Å². The lowest BCUT2D eigenvalue weighted by molar-refractivity contribution is 0.169. The topological polar surface area (TPSA) is 73.0 Å². The van der Waals surface area contributed by atoms with Crippen molar-refractivity contribution in [2.24, 2.45) is 7.05 Å². The Balaban J connectivity index is 1.76. The Kier molecular flexibility index (Phi) is 3.41. The zero-order valence-electron chi connectivity index (χ0n) is 13.3. The lowest BCUT2D eigenvalue weighted by atomic mass is 10.1. The molecular weight excluding hydrogens is 306 g/mol. The monoisotopic (exact) mass is 323 g/mol. The molecule has 1 aliphatic heterocycles. The number of rotatable bonds is 2. The van der Waals surface area contributed by atoms with Gasteiger partial charge in [-0.1, -0.05) is 30.3 Å². The maximum absolute atomic E-state index is 12.5. The molecule has 1 aromatic carbocycles. The molecule has 0 N–H and O–H groups in total. The molecule has 0 saturated carbocycles. The summed E-state index contributed by atoms with van der Waals surface area (Å²) < 4.78 is 2.57. The van der Waals surface area contributed by atoms with Gasteiger partial charge in [-0.15, -0.1) is 0 Å². The highest BCUT2D eigenvalue weighted by molar-refractivity contribution is 5.87.